The fraction of sp³-hybridized carbons (Fsp3) is 0.235. The number of anilines is 1. The van der Waals surface area contributed by atoms with Gasteiger partial charge in [-0.15, -0.1) is 0 Å². The normalized spacial score (nSPS) is 12.1. The van der Waals surface area contributed by atoms with E-state index in [0.717, 1.165) is 10.5 Å². The van der Waals surface area contributed by atoms with E-state index < -0.39 is 28.9 Å². The van der Waals surface area contributed by atoms with E-state index in [4.69, 9.17) is 0 Å². The highest BCUT2D eigenvalue weighted by Gasteiger charge is 2.37. The number of benzene rings is 2. The molecule has 0 unspecified atom stereocenters. The molecule has 2 nitrogen and oxygen atoms in total. The van der Waals surface area contributed by atoms with Crippen LogP contribution >= 0.6 is 15.9 Å². The molecule has 0 aliphatic rings. The second kappa shape index (κ2) is 6.55. The molecule has 7 heteroatoms. The van der Waals surface area contributed by atoms with Crippen molar-refractivity contribution in [3.8, 4) is 0 Å². The van der Waals surface area contributed by atoms with Gasteiger partial charge in [0.25, 0.3) is 0 Å². The predicted molar refractivity (Wildman–Crippen MR) is 87.2 cm³/mol. The topological polar surface area (TPSA) is 29.1 Å². The Morgan fingerprint density at radius 2 is 1.62 bits per heavy atom. The molecule has 128 valence electrons. The maximum Gasteiger partial charge on any atom is 0.416 e. The fourth-order valence-corrected chi connectivity index (χ4v) is 2.39. The molecule has 0 radical (unpaired) electrons. The van der Waals surface area contributed by atoms with Gasteiger partial charge in [-0.1, -0.05) is 15.9 Å². The van der Waals surface area contributed by atoms with Gasteiger partial charge in [0, 0.05) is 15.7 Å². The van der Waals surface area contributed by atoms with E-state index in [2.05, 4.69) is 21.2 Å². The minimum absolute atomic E-state index is 0.313. The summed E-state index contributed by atoms with van der Waals surface area (Å²) in [5.74, 6) is -1.47. The number of hydrogen-bond acceptors (Lipinski definition) is 1. The van der Waals surface area contributed by atoms with Gasteiger partial charge >= 0.3 is 6.18 Å². The number of nitrogens with one attached hydrogen (secondary N) is 1. The second-order valence-electron chi connectivity index (χ2n) is 5.78. The predicted octanol–water partition coefficient (Wildman–Crippen LogP) is 5.52. The molecule has 0 aliphatic carbocycles. The van der Waals surface area contributed by atoms with Crippen LogP contribution in [0.5, 0.6) is 0 Å². The fourth-order valence-electron chi connectivity index (χ4n) is 2.12. The number of rotatable bonds is 3. The number of carbonyl (C=O) groups excluding carboxylic acids is 1. The highest BCUT2D eigenvalue weighted by Crippen LogP contribution is 2.34. The SMILES string of the molecule is CC(C)(C(=O)Nc1ccc(Br)cc1)c1cc(C(F)(F)F)ccc1F. The van der Waals surface area contributed by atoms with E-state index in [-0.39, 0.29) is 5.56 Å². The summed E-state index contributed by atoms with van der Waals surface area (Å²) in [4.78, 5) is 12.5. The zero-order valence-corrected chi connectivity index (χ0v) is 14.4. The summed E-state index contributed by atoms with van der Waals surface area (Å²) in [6.45, 7) is 2.75. The summed E-state index contributed by atoms with van der Waals surface area (Å²) in [5.41, 5.74) is -2.34. The van der Waals surface area contributed by atoms with E-state index in [1.807, 2.05) is 0 Å². The molecule has 24 heavy (non-hydrogen) atoms. The molecule has 0 saturated heterocycles. The molecule has 0 atom stereocenters. The molecule has 0 heterocycles. The summed E-state index contributed by atoms with van der Waals surface area (Å²) >= 11 is 3.26. The summed E-state index contributed by atoms with van der Waals surface area (Å²) in [6, 6.07) is 8.72. The van der Waals surface area contributed by atoms with Crippen molar-refractivity contribution in [2.45, 2.75) is 25.4 Å². The van der Waals surface area contributed by atoms with Crippen LogP contribution in [0.3, 0.4) is 0 Å². The van der Waals surface area contributed by atoms with Crippen molar-refractivity contribution in [2.24, 2.45) is 0 Å². The van der Waals surface area contributed by atoms with Crippen LogP contribution in [0.25, 0.3) is 0 Å². The highest BCUT2D eigenvalue weighted by atomic mass is 79.9. The molecule has 0 aromatic heterocycles. The first-order chi connectivity index (χ1) is 11.0. The van der Waals surface area contributed by atoms with Gasteiger partial charge in [0.2, 0.25) is 5.91 Å². The van der Waals surface area contributed by atoms with Gasteiger partial charge in [0.1, 0.15) is 5.82 Å². The third-order valence-corrected chi connectivity index (χ3v) is 4.17. The average molecular weight is 404 g/mol. The lowest BCUT2D eigenvalue weighted by Gasteiger charge is -2.25. The summed E-state index contributed by atoms with van der Waals surface area (Å²) in [6.07, 6.45) is -4.61. The number of halogens is 5. The Kier molecular flexibility index (Phi) is 5.03. The second-order valence-corrected chi connectivity index (χ2v) is 6.69. The lowest BCUT2D eigenvalue weighted by molar-refractivity contribution is -0.137. The molecule has 0 bridgehead atoms. The largest absolute Gasteiger partial charge is 0.416 e. The van der Waals surface area contributed by atoms with Crippen molar-refractivity contribution < 1.29 is 22.4 Å². The Morgan fingerprint density at radius 1 is 1.04 bits per heavy atom. The average Bonchev–Trinajstić information content (AvgIpc) is 2.48. The van der Waals surface area contributed by atoms with Crippen molar-refractivity contribution in [3.63, 3.8) is 0 Å². The Bertz CT molecular complexity index is 754. The first-order valence-corrected chi connectivity index (χ1v) is 7.75. The van der Waals surface area contributed by atoms with Gasteiger partial charge < -0.3 is 5.32 Å². The number of amides is 1. The number of carbonyl (C=O) groups is 1. The van der Waals surface area contributed by atoms with Gasteiger partial charge in [-0.3, -0.25) is 4.79 Å². The summed E-state index contributed by atoms with van der Waals surface area (Å²) in [5, 5.41) is 2.59. The third-order valence-electron chi connectivity index (χ3n) is 3.64. The molecular weight excluding hydrogens is 390 g/mol. The smallest absolute Gasteiger partial charge is 0.325 e. The first-order valence-electron chi connectivity index (χ1n) is 6.96. The van der Waals surface area contributed by atoms with Crippen molar-refractivity contribution in [2.75, 3.05) is 5.32 Å². The molecule has 2 aromatic carbocycles. The van der Waals surface area contributed by atoms with E-state index in [1.165, 1.54) is 13.8 Å². The van der Waals surface area contributed by atoms with Crippen LogP contribution in [-0.2, 0) is 16.4 Å². The van der Waals surface area contributed by atoms with Crippen molar-refractivity contribution in [1.82, 2.24) is 0 Å². The lowest BCUT2D eigenvalue weighted by atomic mass is 9.82. The van der Waals surface area contributed by atoms with Crippen molar-refractivity contribution in [1.29, 1.82) is 0 Å². The maximum atomic E-state index is 14.1. The van der Waals surface area contributed by atoms with E-state index in [0.29, 0.717) is 17.8 Å². The standard InChI is InChI=1S/C17H14BrF4NO/c1-16(2,15(24)23-12-6-4-11(18)5-7-12)13-9-10(17(20,21)22)3-8-14(13)19/h3-9H,1-2H3,(H,23,24). The molecule has 2 rings (SSSR count). The molecule has 0 saturated carbocycles. The summed E-state index contributed by atoms with van der Waals surface area (Å²) in [7, 11) is 0. The zero-order chi connectivity index (χ0) is 18.1. The Labute approximate surface area is 145 Å². The molecule has 0 fully saturated rings. The number of hydrogen-bond donors (Lipinski definition) is 1. The van der Waals surface area contributed by atoms with Gasteiger partial charge in [0.15, 0.2) is 0 Å². The van der Waals surface area contributed by atoms with Crippen LogP contribution in [0.15, 0.2) is 46.9 Å². The lowest BCUT2D eigenvalue weighted by Crippen LogP contribution is -2.35. The van der Waals surface area contributed by atoms with Crippen LogP contribution < -0.4 is 5.32 Å². The van der Waals surface area contributed by atoms with E-state index in [9.17, 15) is 22.4 Å². The Morgan fingerprint density at radius 3 is 2.17 bits per heavy atom. The molecule has 0 spiro atoms. The zero-order valence-electron chi connectivity index (χ0n) is 12.8. The van der Waals surface area contributed by atoms with Gasteiger partial charge in [-0.05, 0) is 56.3 Å². The van der Waals surface area contributed by atoms with Gasteiger partial charge in [0.05, 0.1) is 11.0 Å². The first kappa shape index (κ1) is 18.4. The molecule has 1 amide bonds. The molecule has 1 N–H and O–H groups in total. The van der Waals surface area contributed by atoms with Gasteiger partial charge in [-0.25, -0.2) is 4.39 Å². The maximum absolute atomic E-state index is 14.1. The van der Waals surface area contributed by atoms with Crippen LogP contribution in [0.1, 0.15) is 25.0 Å². The van der Waals surface area contributed by atoms with Crippen LogP contribution in [0, 0.1) is 5.82 Å². The van der Waals surface area contributed by atoms with Crippen LogP contribution in [-0.4, -0.2) is 5.91 Å². The highest BCUT2D eigenvalue weighted by molar-refractivity contribution is 9.10. The Hall–Kier alpha value is -1.89. The van der Waals surface area contributed by atoms with Crippen molar-refractivity contribution >= 4 is 27.5 Å². The minimum atomic E-state index is -4.61. The third kappa shape index (κ3) is 3.95. The van der Waals surface area contributed by atoms with Crippen LogP contribution in [0.4, 0.5) is 23.2 Å². The van der Waals surface area contributed by atoms with E-state index >= 15 is 0 Å². The molecule has 2 aromatic rings. The van der Waals surface area contributed by atoms with E-state index in [1.54, 1.807) is 24.3 Å². The molecule has 0 aliphatic heterocycles. The molecular formula is C17H14BrF4NO. The monoisotopic (exact) mass is 403 g/mol. The van der Waals surface area contributed by atoms with Crippen LogP contribution in [0.2, 0.25) is 0 Å². The quantitative estimate of drug-likeness (QED) is 0.671. The Balaban J connectivity index is 2.35. The minimum Gasteiger partial charge on any atom is -0.325 e. The van der Waals surface area contributed by atoms with Gasteiger partial charge in [-0.2, -0.15) is 13.2 Å². The number of alkyl halides is 3. The summed E-state index contributed by atoms with van der Waals surface area (Å²) < 4.78 is 53.4. The van der Waals surface area contributed by atoms with Crippen molar-refractivity contribution in [3.05, 3.63) is 63.9 Å².